The van der Waals surface area contributed by atoms with Gasteiger partial charge < -0.3 is 10.2 Å². The van der Waals surface area contributed by atoms with Crippen LogP contribution in [0.5, 0.6) is 0 Å². The van der Waals surface area contributed by atoms with Crippen molar-refractivity contribution in [3.05, 3.63) is 0 Å². The van der Waals surface area contributed by atoms with E-state index in [4.69, 9.17) is 0 Å². The van der Waals surface area contributed by atoms with Crippen LogP contribution in [0.2, 0.25) is 0 Å². The van der Waals surface area contributed by atoms with Gasteiger partial charge in [-0.3, -0.25) is 0 Å². The van der Waals surface area contributed by atoms with E-state index in [1.165, 1.54) is 21.6 Å². The number of carbonyl (C=O) groups is 4. The highest BCUT2D eigenvalue weighted by Crippen LogP contribution is 2.35. The molecule has 0 aromatic rings. The third-order valence-electron chi connectivity index (χ3n) is 6.80. The molecule has 0 aliphatic carbocycles. The van der Waals surface area contributed by atoms with Crippen molar-refractivity contribution in [2.24, 2.45) is 11.8 Å². The fraction of sp³-hybridized carbons (Fsp3) is 0.800. The van der Waals surface area contributed by atoms with Gasteiger partial charge in [0.2, 0.25) is 0 Å². The molecule has 0 saturated carbocycles. The van der Waals surface area contributed by atoms with Crippen molar-refractivity contribution in [2.75, 3.05) is 24.6 Å². The van der Waals surface area contributed by atoms with Gasteiger partial charge in [-0.2, -0.15) is 18.6 Å². The topological polar surface area (TPSA) is 109 Å². The molecule has 2 fully saturated rings. The summed E-state index contributed by atoms with van der Waals surface area (Å²) in [6, 6.07) is -0.433. The molecule has 0 spiro atoms. The summed E-state index contributed by atoms with van der Waals surface area (Å²) in [4.78, 5) is 49.6. The zero-order valence-electron chi connectivity index (χ0n) is 18.2. The molecule has 0 radical (unpaired) electrons. The van der Waals surface area contributed by atoms with Crippen LogP contribution in [0.4, 0.5) is 9.59 Å². The monoisotopic (exact) mass is 462 g/mol. The van der Waals surface area contributed by atoms with Crippen molar-refractivity contribution < 1.29 is 38.4 Å². The second-order valence-electron chi connectivity index (χ2n) is 8.78. The molecule has 170 valence electrons. The van der Waals surface area contributed by atoms with Crippen molar-refractivity contribution in [1.82, 2.24) is 0 Å². The Labute approximate surface area is 185 Å². The standard InChI is InChI=1S/C20H32N2O6S2/c1-13(17(23)21(19(25)26)9-5-7-15(21)3)11-29-30-12-14(2)18(24)22(20(27)28)10-6-8-16(22)4/h13-16H,5-12H2,1-4H3/p+2/t13?,14?,15-,16-,21?,22?/m1/s1. The van der Waals surface area contributed by atoms with Gasteiger partial charge in [-0.25, -0.2) is 9.59 Å². The Morgan fingerprint density at radius 1 is 0.800 bits per heavy atom. The van der Waals surface area contributed by atoms with Gasteiger partial charge >= 0.3 is 24.0 Å². The van der Waals surface area contributed by atoms with Gasteiger partial charge in [-0.15, -0.1) is 0 Å². The second kappa shape index (κ2) is 10.0. The lowest BCUT2D eigenvalue weighted by atomic mass is 10.1. The number of nitrogens with zero attached hydrogens (tertiary/aromatic N) is 2. The maximum Gasteiger partial charge on any atom is 0.521 e. The maximum absolute atomic E-state index is 12.9. The fourth-order valence-electron chi connectivity index (χ4n) is 4.79. The maximum atomic E-state index is 12.9. The van der Waals surface area contributed by atoms with Gasteiger partial charge in [0.25, 0.3) is 0 Å². The molecule has 0 aromatic carbocycles. The average Bonchev–Trinajstić information content (AvgIpc) is 3.27. The molecular weight excluding hydrogens is 428 g/mol. The average molecular weight is 463 g/mol. The lowest BCUT2D eigenvalue weighted by Gasteiger charge is -2.32. The highest BCUT2D eigenvalue weighted by molar-refractivity contribution is 8.76. The van der Waals surface area contributed by atoms with Crippen LogP contribution < -0.4 is 0 Å². The van der Waals surface area contributed by atoms with Gasteiger partial charge in [0, 0.05) is 37.2 Å². The van der Waals surface area contributed by atoms with Crippen molar-refractivity contribution >= 4 is 45.6 Å². The van der Waals surface area contributed by atoms with Crippen LogP contribution in [0.15, 0.2) is 0 Å². The largest absolute Gasteiger partial charge is 0.521 e. The van der Waals surface area contributed by atoms with Crippen LogP contribution in [-0.4, -0.2) is 79.9 Å². The Hall–Kier alpha value is -1.10. The molecule has 0 aromatic heterocycles. The summed E-state index contributed by atoms with van der Waals surface area (Å²) in [7, 11) is 2.89. The molecule has 2 aliphatic rings. The van der Waals surface area contributed by atoms with Crippen LogP contribution in [0.3, 0.4) is 0 Å². The van der Waals surface area contributed by atoms with Gasteiger partial charge in [-0.05, 0) is 27.7 Å². The van der Waals surface area contributed by atoms with Gasteiger partial charge in [-0.1, -0.05) is 21.6 Å². The summed E-state index contributed by atoms with van der Waals surface area (Å²) < 4.78 is -0.977. The van der Waals surface area contributed by atoms with Crippen molar-refractivity contribution in [3.63, 3.8) is 0 Å². The molecule has 2 N–H and O–H groups in total. The predicted octanol–water partition coefficient (Wildman–Crippen LogP) is 4.05. The molecule has 2 heterocycles. The zero-order chi connectivity index (χ0) is 22.7. The number of hydrogen-bond donors (Lipinski definition) is 2. The summed E-state index contributed by atoms with van der Waals surface area (Å²) in [5.74, 6) is -0.432. The van der Waals surface area contributed by atoms with E-state index in [0.717, 1.165) is 25.7 Å². The lowest BCUT2D eigenvalue weighted by molar-refractivity contribution is -0.794. The number of carbonyl (C=O) groups excluding carboxylic acids is 2. The molecular formula is C20H34N2O6S2+2. The third kappa shape index (κ3) is 4.42. The van der Waals surface area contributed by atoms with Crippen LogP contribution in [0.1, 0.15) is 53.4 Å². The molecule has 2 rings (SSSR count). The first-order valence-corrected chi connectivity index (χ1v) is 13.1. The van der Waals surface area contributed by atoms with E-state index in [1.54, 1.807) is 13.8 Å². The number of imide groups is 2. The molecule has 0 bridgehead atoms. The first-order chi connectivity index (χ1) is 14.0. The van der Waals surface area contributed by atoms with Gasteiger partial charge in [0.05, 0.1) is 24.9 Å². The highest BCUT2D eigenvalue weighted by Gasteiger charge is 2.55. The van der Waals surface area contributed by atoms with Crippen molar-refractivity contribution in [3.8, 4) is 0 Å². The first-order valence-electron chi connectivity index (χ1n) is 10.6. The third-order valence-corrected chi connectivity index (χ3v) is 9.56. The Morgan fingerprint density at radius 3 is 1.37 bits per heavy atom. The van der Waals surface area contributed by atoms with Gasteiger partial charge in [0.1, 0.15) is 12.1 Å². The fourth-order valence-corrected chi connectivity index (χ4v) is 7.48. The highest BCUT2D eigenvalue weighted by atomic mass is 33.1. The Kier molecular flexibility index (Phi) is 8.40. The summed E-state index contributed by atoms with van der Waals surface area (Å²) in [6.45, 7) is 7.85. The minimum atomic E-state index is -1.07. The van der Waals surface area contributed by atoms with Crippen molar-refractivity contribution in [1.29, 1.82) is 0 Å². The number of amides is 4. The summed E-state index contributed by atoms with van der Waals surface area (Å²) >= 11 is 0. The van der Waals surface area contributed by atoms with E-state index in [1.807, 2.05) is 13.8 Å². The number of rotatable bonds is 7. The van der Waals surface area contributed by atoms with Crippen LogP contribution in [0, 0.1) is 11.8 Å². The number of hydrogen-bond acceptors (Lipinski definition) is 6. The minimum Gasteiger partial charge on any atom is -0.435 e. The predicted molar refractivity (Wildman–Crippen MR) is 117 cm³/mol. The Bertz CT molecular complexity index is 647. The summed E-state index contributed by atoms with van der Waals surface area (Å²) in [6.07, 6.45) is 0.778. The van der Waals surface area contributed by atoms with E-state index in [0.29, 0.717) is 24.6 Å². The quantitative estimate of drug-likeness (QED) is 0.331. The zero-order valence-corrected chi connectivity index (χ0v) is 19.8. The number of quaternary nitrogens is 2. The van der Waals surface area contributed by atoms with E-state index in [2.05, 4.69) is 0 Å². The van der Waals surface area contributed by atoms with Crippen molar-refractivity contribution in [2.45, 2.75) is 65.5 Å². The lowest BCUT2D eigenvalue weighted by Crippen LogP contribution is -2.60. The van der Waals surface area contributed by atoms with Gasteiger partial charge in [0.15, 0.2) is 0 Å². The number of likely N-dealkylation sites (tertiary alicyclic amines) is 2. The molecule has 4 amide bonds. The second-order valence-corrected chi connectivity index (χ2v) is 11.3. The smallest absolute Gasteiger partial charge is 0.435 e. The van der Waals surface area contributed by atoms with Crippen LogP contribution in [-0.2, 0) is 9.59 Å². The van der Waals surface area contributed by atoms with E-state index >= 15 is 0 Å². The summed E-state index contributed by atoms with van der Waals surface area (Å²) in [5.41, 5.74) is 0. The normalized spacial score (nSPS) is 33.2. The van der Waals surface area contributed by atoms with Crippen LogP contribution in [0.25, 0.3) is 0 Å². The first kappa shape index (κ1) is 25.2. The van der Waals surface area contributed by atoms with E-state index in [-0.39, 0.29) is 23.9 Å². The summed E-state index contributed by atoms with van der Waals surface area (Å²) in [5, 5.41) is 19.4. The SMILES string of the molecule is CC(CSSCC(C)C(=O)[N+]1(C(=O)O)CCC[C@H]1C)C(=O)[N+]1(C(=O)O)CCC[C@H]1C. The minimum absolute atomic E-state index is 0.217. The molecule has 6 atom stereocenters. The Morgan fingerprint density at radius 2 is 1.13 bits per heavy atom. The number of carboxylic acid groups (broad SMARTS) is 2. The van der Waals surface area contributed by atoms with Crippen LogP contribution >= 0.6 is 21.6 Å². The van der Waals surface area contributed by atoms with E-state index < -0.39 is 33.0 Å². The molecule has 10 heteroatoms. The molecule has 4 unspecified atom stereocenters. The molecule has 2 saturated heterocycles. The Balaban J connectivity index is 1.88. The van der Waals surface area contributed by atoms with E-state index in [9.17, 15) is 29.4 Å². The molecule has 2 aliphatic heterocycles. The molecule has 30 heavy (non-hydrogen) atoms. The molecule has 8 nitrogen and oxygen atoms in total.